The fourth-order valence-electron chi connectivity index (χ4n) is 2.46. The van der Waals surface area contributed by atoms with Crippen molar-refractivity contribution in [1.82, 2.24) is 0 Å². The third kappa shape index (κ3) is 2.52. The van der Waals surface area contributed by atoms with Gasteiger partial charge in [0.1, 0.15) is 6.04 Å². The van der Waals surface area contributed by atoms with Crippen molar-refractivity contribution in [3.05, 3.63) is 29.8 Å². The van der Waals surface area contributed by atoms with Crippen LogP contribution < -0.4 is 4.90 Å². The summed E-state index contributed by atoms with van der Waals surface area (Å²) in [6.07, 6.45) is -4.41. The number of carbonyl (C=O) groups is 1. The minimum absolute atomic E-state index is 0.0919. The third-order valence-corrected chi connectivity index (χ3v) is 3.50. The fourth-order valence-corrected chi connectivity index (χ4v) is 2.46. The van der Waals surface area contributed by atoms with E-state index in [-0.39, 0.29) is 18.5 Å². The first-order valence-corrected chi connectivity index (χ1v) is 5.97. The number of para-hydroxylation sites is 1. The Morgan fingerprint density at radius 2 is 2.05 bits per heavy atom. The molecule has 0 unspecified atom stereocenters. The first-order chi connectivity index (χ1) is 8.82. The summed E-state index contributed by atoms with van der Waals surface area (Å²) in [6.45, 7) is 1.57. The van der Waals surface area contributed by atoms with Crippen LogP contribution in [0.1, 0.15) is 24.8 Å². The topological polar surface area (TPSA) is 40.5 Å². The van der Waals surface area contributed by atoms with E-state index >= 15 is 0 Å². The Balaban J connectivity index is 2.43. The molecule has 19 heavy (non-hydrogen) atoms. The normalized spacial score (nSPS) is 20.8. The van der Waals surface area contributed by atoms with Crippen molar-refractivity contribution in [2.75, 3.05) is 11.4 Å². The summed E-state index contributed by atoms with van der Waals surface area (Å²) in [6, 6.07) is 5.31. The van der Waals surface area contributed by atoms with Crippen LogP contribution in [0.5, 0.6) is 0 Å². The van der Waals surface area contributed by atoms with Crippen molar-refractivity contribution in [2.45, 2.75) is 31.5 Å². The number of nitrogens with zero attached hydrogens (tertiary/aromatic N) is 1. The summed E-state index contributed by atoms with van der Waals surface area (Å²) in [5, 5.41) is 9.02. The summed E-state index contributed by atoms with van der Waals surface area (Å²) in [5.74, 6) is -2.55. The number of hydrogen-bond donors (Lipinski definition) is 1. The second-order valence-electron chi connectivity index (χ2n) is 4.65. The lowest BCUT2D eigenvalue weighted by Crippen LogP contribution is -2.44. The van der Waals surface area contributed by atoms with Gasteiger partial charge in [0.2, 0.25) is 0 Å². The molecule has 0 saturated heterocycles. The second-order valence-corrected chi connectivity index (χ2v) is 4.65. The molecule has 1 N–H and O–H groups in total. The molecule has 1 aliphatic rings. The maximum Gasteiger partial charge on any atom is 0.395 e. The zero-order chi connectivity index (χ0) is 14.2. The lowest BCUT2D eigenvalue weighted by atomic mass is 9.88. The van der Waals surface area contributed by atoms with Crippen LogP contribution in [0.4, 0.5) is 18.9 Å². The Labute approximate surface area is 108 Å². The average Bonchev–Trinajstić information content (AvgIpc) is 2.35. The highest BCUT2D eigenvalue weighted by Gasteiger charge is 2.45. The maximum atomic E-state index is 13.0. The maximum absolute atomic E-state index is 13.0. The van der Waals surface area contributed by atoms with Crippen LogP contribution in [0.3, 0.4) is 0 Å². The van der Waals surface area contributed by atoms with Gasteiger partial charge in [-0.1, -0.05) is 18.2 Å². The minimum atomic E-state index is -4.30. The van der Waals surface area contributed by atoms with Gasteiger partial charge in [-0.3, -0.25) is 0 Å². The molecule has 1 heterocycles. The van der Waals surface area contributed by atoms with E-state index in [4.69, 9.17) is 5.11 Å². The number of hydrogen-bond acceptors (Lipinski definition) is 2. The zero-order valence-corrected chi connectivity index (χ0v) is 10.3. The van der Waals surface area contributed by atoms with Crippen LogP contribution in [-0.2, 0) is 4.79 Å². The van der Waals surface area contributed by atoms with Gasteiger partial charge in [0.15, 0.2) is 0 Å². The molecule has 1 aromatic rings. The van der Waals surface area contributed by atoms with Crippen molar-refractivity contribution in [2.24, 2.45) is 0 Å². The monoisotopic (exact) mass is 273 g/mol. The van der Waals surface area contributed by atoms with Crippen molar-refractivity contribution >= 4 is 11.7 Å². The highest BCUT2D eigenvalue weighted by molar-refractivity contribution is 5.78. The average molecular weight is 273 g/mol. The number of anilines is 1. The van der Waals surface area contributed by atoms with E-state index in [2.05, 4.69) is 0 Å². The summed E-state index contributed by atoms with van der Waals surface area (Å²) in [4.78, 5) is 12.5. The zero-order valence-electron chi connectivity index (χ0n) is 10.3. The van der Waals surface area contributed by atoms with E-state index in [0.717, 1.165) is 0 Å². The first kappa shape index (κ1) is 13.7. The van der Waals surface area contributed by atoms with E-state index in [1.165, 1.54) is 17.9 Å². The summed E-state index contributed by atoms with van der Waals surface area (Å²) >= 11 is 0. The molecule has 0 aliphatic carbocycles. The molecular weight excluding hydrogens is 259 g/mol. The van der Waals surface area contributed by atoms with Gasteiger partial charge in [0, 0.05) is 12.2 Å². The van der Waals surface area contributed by atoms with Crippen LogP contribution in [0.2, 0.25) is 0 Å². The summed E-state index contributed by atoms with van der Waals surface area (Å²) < 4.78 is 38.9. The van der Waals surface area contributed by atoms with Gasteiger partial charge in [-0.05, 0) is 25.0 Å². The predicted molar refractivity (Wildman–Crippen MR) is 64.3 cm³/mol. The molecular formula is C13H14F3NO2. The van der Waals surface area contributed by atoms with Crippen molar-refractivity contribution in [1.29, 1.82) is 0 Å². The molecule has 0 radical (unpaired) electrons. The van der Waals surface area contributed by atoms with Gasteiger partial charge in [-0.2, -0.15) is 13.2 Å². The highest BCUT2D eigenvalue weighted by atomic mass is 19.4. The number of fused-ring (bicyclic) bond motifs is 1. The third-order valence-electron chi connectivity index (χ3n) is 3.50. The summed E-state index contributed by atoms with van der Waals surface area (Å²) in [5.41, 5.74) is 0.528. The predicted octanol–water partition coefficient (Wildman–Crippen LogP) is 3.02. The molecule has 2 atom stereocenters. The van der Waals surface area contributed by atoms with Crippen molar-refractivity contribution < 1.29 is 23.1 Å². The molecule has 2 rings (SSSR count). The number of benzene rings is 1. The molecule has 0 spiro atoms. The van der Waals surface area contributed by atoms with Crippen LogP contribution >= 0.6 is 0 Å². The highest BCUT2D eigenvalue weighted by Crippen LogP contribution is 2.45. The molecule has 104 valence electrons. The Morgan fingerprint density at radius 3 is 2.63 bits per heavy atom. The molecule has 0 amide bonds. The Bertz CT molecular complexity index is 487. The number of alkyl halides is 3. The van der Waals surface area contributed by atoms with Crippen molar-refractivity contribution in [3.8, 4) is 0 Å². The fraction of sp³-hybridized carbons (Fsp3) is 0.462. The molecule has 1 aliphatic heterocycles. The van der Waals surface area contributed by atoms with Crippen LogP contribution in [-0.4, -0.2) is 29.8 Å². The number of halogens is 3. The van der Waals surface area contributed by atoms with Gasteiger partial charge in [-0.25, -0.2) is 4.79 Å². The summed E-state index contributed by atoms with van der Waals surface area (Å²) in [7, 11) is 0. The Hall–Kier alpha value is -1.72. The molecule has 0 fully saturated rings. The standard InChI is InChI=1S/C13H14F3NO2/c1-8(12(18)19)17-7-6-10(13(14,15)16)9-4-2-3-5-11(9)17/h2-5,8,10H,6-7H2,1H3,(H,18,19)/t8-,10-/m0/s1. The SMILES string of the molecule is C[C@@H](C(=O)O)N1CC[C@H](C(F)(F)F)c2ccccc21. The van der Waals surface area contributed by atoms with Crippen molar-refractivity contribution in [3.63, 3.8) is 0 Å². The molecule has 0 aromatic heterocycles. The molecule has 0 bridgehead atoms. The quantitative estimate of drug-likeness (QED) is 0.900. The van der Waals surface area contributed by atoms with Gasteiger partial charge in [0.25, 0.3) is 0 Å². The molecule has 1 aromatic carbocycles. The van der Waals surface area contributed by atoms with Crippen LogP contribution in [0, 0.1) is 0 Å². The molecule has 6 heteroatoms. The van der Waals surface area contributed by atoms with E-state index in [1.54, 1.807) is 18.2 Å². The van der Waals surface area contributed by atoms with Gasteiger partial charge in [-0.15, -0.1) is 0 Å². The Morgan fingerprint density at radius 1 is 1.42 bits per heavy atom. The minimum Gasteiger partial charge on any atom is -0.480 e. The molecule has 0 saturated carbocycles. The second kappa shape index (κ2) is 4.75. The van der Waals surface area contributed by atoms with Gasteiger partial charge < -0.3 is 10.0 Å². The van der Waals surface area contributed by atoms with Crippen LogP contribution in [0.25, 0.3) is 0 Å². The number of aliphatic carboxylic acids is 1. The smallest absolute Gasteiger partial charge is 0.395 e. The number of carboxylic acids is 1. The van der Waals surface area contributed by atoms with E-state index in [1.807, 2.05) is 0 Å². The molecule has 3 nitrogen and oxygen atoms in total. The number of carboxylic acid groups (broad SMARTS) is 1. The van der Waals surface area contributed by atoms with E-state index < -0.39 is 24.1 Å². The van der Waals surface area contributed by atoms with Crippen LogP contribution in [0.15, 0.2) is 24.3 Å². The van der Waals surface area contributed by atoms with Gasteiger partial charge in [0.05, 0.1) is 5.92 Å². The first-order valence-electron chi connectivity index (χ1n) is 5.97. The Kier molecular flexibility index (Phi) is 3.43. The lowest BCUT2D eigenvalue weighted by molar-refractivity contribution is -0.152. The van der Waals surface area contributed by atoms with Gasteiger partial charge >= 0.3 is 12.1 Å². The lowest BCUT2D eigenvalue weighted by Gasteiger charge is -2.38. The largest absolute Gasteiger partial charge is 0.480 e. The van der Waals surface area contributed by atoms with E-state index in [0.29, 0.717) is 5.69 Å². The number of rotatable bonds is 2. The van der Waals surface area contributed by atoms with E-state index in [9.17, 15) is 18.0 Å².